The normalized spacial score (nSPS) is 20.8. The molecule has 1 aliphatic rings. The quantitative estimate of drug-likeness (QED) is 0.527. The zero-order chi connectivity index (χ0) is 11.8. The highest BCUT2D eigenvalue weighted by atomic mass is 16.5. The molecule has 0 bridgehead atoms. The molecule has 0 aromatic rings. The minimum absolute atomic E-state index is 0.198. The fraction of sp³-hybridized carbons (Fsp3) is 0.909. The van der Waals surface area contributed by atoms with Crippen molar-refractivity contribution >= 4 is 5.96 Å². The predicted molar refractivity (Wildman–Crippen MR) is 64.5 cm³/mol. The van der Waals surface area contributed by atoms with E-state index in [-0.39, 0.29) is 6.04 Å². The van der Waals surface area contributed by atoms with Gasteiger partial charge >= 0.3 is 0 Å². The first-order valence-corrected chi connectivity index (χ1v) is 5.85. The summed E-state index contributed by atoms with van der Waals surface area (Å²) in [6.07, 6.45) is 2.18. The maximum atomic E-state index is 5.77. The maximum Gasteiger partial charge on any atom is 0.188 e. The molecule has 0 amide bonds. The summed E-state index contributed by atoms with van der Waals surface area (Å²) >= 11 is 0. The van der Waals surface area contributed by atoms with Gasteiger partial charge in [-0.3, -0.25) is 4.99 Å². The third-order valence-electron chi connectivity index (χ3n) is 2.67. The molecule has 0 aliphatic carbocycles. The highest BCUT2D eigenvalue weighted by Crippen LogP contribution is 2.14. The number of nitrogens with two attached hydrogens (primary N) is 1. The number of nitrogens with zero attached hydrogens (tertiary/aromatic N) is 1. The second kappa shape index (κ2) is 7.46. The molecule has 1 heterocycles. The van der Waals surface area contributed by atoms with Crippen LogP contribution in [-0.4, -0.2) is 45.5 Å². The Balaban J connectivity index is 2.21. The average molecular weight is 229 g/mol. The smallest absolute Gasteiger partial charge is 0.188 e. The average Bonchev–Trinajstić information content (AvgIpc) is 2.28. The van der Waals surface area contributed by atoms with Gasteiger partial charge in [0.05, 0.1) is 6.61 Å². The van der Waals surface area contributed by atoms with Gasteiger partial charge in [-0.2, -0.15) is 0 Å². The molecule has 94 valence electrons. The Morgan fingerprint density at radius 1 is 1.56 bits per heavy atom. The van der Waals surface area contributed by atoms with Crippen LogP contribution in [0.25, 0.3) is 0 Å². The van der Waals surface area contributed by atoms with Crippen molar-refractivity contribution in [3.63, 3.8) is 0 Å². The molecule has 1 saturated heterocycles. The zero-order valence-corrected chi connectivity index (χ0v) is 10.2. The summed E-state index contributed by atoms with van der Waals surface area (Å²) in [5, 5.41) is 3.09. The predicted octanol–water partition coefficient (Wildman–Crippen LogP) is 0.352. The van der Waals surface area contributed by atoms with E-state index in [0.717, 1.165) is 32.6 Å². The summed E-state index contributed by atoms with van der Waals surface area (Å²) in [6.45, 7) is 5.15. The minimum atomic E-state index is 0.198. The first kappa shape index (κ1) is 13.3. The zero-order valence-electron chi connectivity index (χ0n) is 10.2. The van der Waals surface area contributed by atoms with Gasteiger partial charge < -0.3 is 20.5 Å². The minimum Gasteiger partial charge on any atom is -0.383 e. The molecule has 0 aromatic carbocycles. The lowest BCUT2D eigenvalue weighted by molar-refractivity contribution is 0.0689. The topological polar surface area (TPSA) is 68.9 Å². The van der Waals surface area contributed by atoms with Gasteiger partial charge in [0.25, 0.3) is 0 Å². The second-order valence-electron chi connectivity index (χ2n) is 4.28. The maximum absolute atomic E-state index is 5.77. The Kier molecular flexibility index (Phi) is 6.18. The summed E-state index contributed by atoms with van der Waals surface area (Å²) < 4.78 is 10.3. The van der Waals surface area contributed by atoms with Crippen molar-refractivity contribution in [3.05, 3.63) is 0 Å². The van der Waals surface area contributed by atoms with Crippen LogP contribution in [0.5, 0.6) is 0 Å². The van der Waals surface area contributed by atoms with Crippen molar-refractivity contribution in [2.24, 2.45) is 16.6 Å². The van der Waals surface area contributed by atoms with Crippen molar-refractivity contribution in [2.45, 2.75) is 25.8 Å². The lowest BCUT2D eigenvalue weighted by atomic mass is 10.0. The second-order valence-corrected chi connectivity index (χ2v) is 4.28. The van der Waals surface area contributed by atoms with Gasteiger partial charge in [0, 0.05) is 32.9 Å². The van der Waals surface area contributed by atoms with Crippen molar-refractivity contribution in [3.8, 4) is 0 Å². The lowest BCUT2D eigenvalue weighted by Crippen LogP contribution is -2.41. The van der Waals surface area contributed by atoms with Crippen LogP contribution in [0.4, 0.5) is 0 Å². The number of ether oxygens (including phenoxy) is 2. The van der Waals surface area contributed by atoms with E-state index >= 15 is 0 Å². The number of methoxy groups -OCH3 is 1. The van der Waals surface area contributed by atoms with E-state index in [2.05, 4.69) is 10.3 Å². The molecule has 3 N–H and O–H groups in total. The van der Waals surface area contributed by atoms with Gasteiger partial charge in [-0.1, -0.05) is 0 Å². The number of hydrogen-bond acceptors (Lipinski definition) is 3. The van der Waals surface area contributed by atoms with Crippen LogP contribution in [0.1, 0.15) is 19.8 Å². The summed E-state index contributed by atoms with van der Waals surface area (Å²) in [5.41, 5.74) is 5.77. The molecule has 0 spiro atoms. The molecule has 16 heavy (non-hydrogen) atoms. The van der Waals surface area contributed by atoms with Gasteiger partial charge in [-0.25, -0.2) is 0 Å². The van der Waals surface area contributed by atoms with Gasteiger partial charge in [-0.15, -0.1) is 0 Å². The van der Waals surface area contributed by atoms with Gasteiger partial charge in [0.2, 0.25) is 0 Å². The molecule has 0 saturated carbocycles. The molecule has 1 atom stereocenters. The summed E-state index contributed by atoms with van der Waals surface area (Å²) in [7, 11) is 1.67. The van der Waals surface area contributed by atoms with Crippen molar-refractivity contribution in [2.75, 3.05) is 33.5 Å². The van der Waals surface area contributed by atoms with Gasteiger partial charge in [0.1, 0.15) is 0 Å². The Bertz CT molecular complexity index is 215. The van der Waals surface area contributed by atoms with E-state index in [1.54, 1.807) is 7.11 Å². The lowest BCUT2D eigenvalue weighted by Gasteiger charge is -2.20. The summed E-state index contributed by atoms with van der Waals surface area (Å²) in [6, 6.07) is 0.198. The highest BCUT2D eigenvalue weighted by molar-refractivity contribution is 5.78. The third-order valence-corrected chi connectivity index (χ3v) is 2.67. The van der Waals surface area contributed by atoms with Crippen LogP contribution in [-0.2, 0) is 9.47 Å². The van der Waals surface area contributed by atoms with Crippen LogP contribution < -0.4 is 11.1 Å². The fourth-order valence-corrected chi connectivity index (χ4v) is 1.75. The molecule has 1 aliphatic heterocycles. The van der Waals surface area contributed by atoms with E-state index in [1.807, 2.05) is 6.92 Å². The highest BCUT2D eigenvalue weighted by Gasteiger charge is 2.13. The SMILES string of the molecule is COC[C@@H](C)NC(N)=NCC1CCOCC1. The first-order valence-electron chi connectivity index (χ1n) is 5.85. The van der Waals surface area contributed by atoms with Gasteiger partial charge in [0.15, 0.2) is 5.96 Å². The Labute approximate surface area is 97.4 Å². The molecule has 0 radical (unpaired) electrons. The Morgan fingerprint density at radius 2 is 2.25 bits per heavy atom. The van der Waals surface area contributed by atoms with Crippen LogP contribution in [0.2, 0.25) is 0 Å². The number of rotatable bonds is 5. The fourth-order valence-electron chi connectivity index (χ4n) is 1.75. The van der Waals surface area contributed by atoms with Crippen molar-refractivity contribution < 1.29 is 9.47 Å². The van der Waals surface area contributed by atoms with Gasteiger partial charge in [-0.05, 0) is 25.7 Å². The van der Waals surface area contributed by atoms with Crippen LogP contribution in [0.3, 0.4) is 0 Å². The third kappa shape index (κ3) is 5.32. The van der Waals surface area contributed by atoms with Crippen LogP contribution in [0, 0.1) is 5.92 Å². The first-order chi connectivity index (χ1) is 7.72. The summed E-state index contributed by atoms with van der Waals surface area (Å²) in [5.74, 6) is 1.13. The molecule has 1 rings (SSSR count). The standard InChI is InChI=1S/C11H23N3O2/c1-9(8-15-2)14-11(12)13-7-10-3-5-16-6-4-10/h9-10H,3-8H2,1-2H3,(H3,12,13,14)/t9-/m1/s1. The van der Waals surface area contributed by atoms with E-state index < -0.39 is 0 Å². The Morgan fingerprint density at radius 3 is 2.88 bits per heavy atom. The molecule has 0 aromatic heterocycles. The molecule has 1 fully saturated rings. The van der Waals surface area contributed by atoms with Crippen molar-refractivity contribution in [1.29, 1.82) is 0 Å². The van der Waals surface area contributed by atoms with E-state index in [9.17, 15) is 0 Å². The molecular formula is C11H23N3O2. The number of nitrogens with one attached hydrogen (secondary N) is 1. The van der Waals surface area contributed by atoms with E-state index in [0.29, 0.717) is 18.5 Å². The van der Waals surface area contributed by atoms with Crippen LogP contribution >= 0.6 is 0 Å². The van der Waals surface area contributed by atoms with E-state index in [1.165, 1.54) is 0 Å². The monoisotopic (exact) mass is 229 g/mol. The molecule has 0 unspecified atom stereocenters. The molecular weight excluding hydrogens is 206 g/mol. The molecule has 5 nitrogen and oxygen atoms in total. The number of hydrogen-bond donors (Lipinski definition) is 2. The van der Waals surface area contributed by atoms with Crippen molar-refractivity contribution in [1.82, 2.24) is 5.32 Å². The Hall–Kier alpha value is -0.810. The van der Waals surface area contributed by atoms with E-state index in [4.69, 9.17) is 15.2 Å². The molecule has 5 heteroatoms. The largest absolute Gasteiger partial charge is 0.383 e. The number of aliphatic imine (C=N–C) groups is 1. The summed E-state index contributed by atoms with van der Waals surface area (Å²) in [4.78, 5) is 4.34. The van der Waals surface area contributed by atoms with Crippen LogP contribution in [0.15, 0.2) is 4.99 Å². The number of guanidine groups is 1.